The van der Waals surface area contributed by atoms with E-state index in [0.717, 1.165) is 29.7 Å². The van der Waals surface area contributed by atoms with Crippen LogP contribution in [0.3, 0.4) is 0 Å². The van der Waals surface area contributed by atoms with Gasteiger partial charge in [0.2, 0.25) is 0 Å². The van der Waals surface area contributed by atoms with E-state index < -0.39 is 0 Å². The van der Waals surface area contributed by atoms with Crippen LogP contribution in [0.1, 0.15) is 51.7 Å². The Morgan fingerprint density at radius 3 is 2.68 bits per heavy atom. The first kappa shape index (κ1) is 21.5. The predicted octanol–water partition coefficient (Wildman–Crippen LogP) is 7.52. The summed E-state index contributed by atoms with van der Waals surface area (Å²) in [7, 11) is 0. The molecule has 0 saturated heterocycles. The second-order valence-corrected chi connectivity index (χ2v) is 10.6. The van der Waals surface area contributed by atoms with Gasteiger partial charge in [0.05, 0.1) is 29.0 Å². The topological polar surface area (TPSA) is 37.3 Å². The number of anilines is 1. The fourth-order valence-corrected chi connectivity index (χ4v) is 6.97. The number of amides is 2. The van der Waals surface area contributed by atoms with Crippen LogP contribution in [-0.2, 0) is 19.4 Å². The lowest BCUT2D eigenvalue weighted by molar-refractivity contribution is 0.194. The van der Waals surface area contributed by atoms with Crippen molar-refractivity contribution in [1.29, 1.82) is 0 Å². The highest BCUT2D eigenvalue weighted by Gasteiger charge is 2.36. The van der Waals surface area contributed by atoms with Gasteiger partial charge in [0.15, 0.2) is 0 Å². The van der Waals surface area contributed by atoms with Crippen molar-refractivity contribution in [2.45, 2.75) is 45.2 Å². The van der Waals surface area contributed by atoms with Gasteiger partial charge in [-0.25, -0.2) is 4.79 Å². The van der Waals surface area contributed by atoms with Crippen molar-refractivity contribution in [2.75, 3.05) is 5.32 Å². The summed E-state index contributed by atoms with van der Waals surface area (Å²) < 4.78 is 2.31. The molecule has 1 aliphatic heterocycles. The van der Waals surface area contributed by atoms with Crippen LogP contribution >= 0.6 is 22.9 Å². The minimum Gasteiger partial charge on any atom is -0.310 e. The molecule has 0 radical (unpaired) electrons. The van der Waals surface area contributed by atoms with Crippen molar-refractivity contribution >= 4 is 34.7 Å². The largest absolute Gasteiger partial charge is 0.323 e. The predicted molar refractivity (Wildman–Crippen MR) is 139 cm³/mol. The minimum absolute atomic E-state index is 0.143. The number of aromatic nitrogens is 1. The SMILES string of the molecule is Cc1ccc(NC(=O)N2Cc3c(sc4c3CCCC4)-n3cccc3[C@@H]2c2ccccc2)c(Cl)c1. The average Bonchev–Trinajstić information content (AvgIpc) is 3.43. The standard InChI is InChI=1S/C28H26ClN3OS/c1-18-13-14-23(22(29)16-18)30-28(33)32-17-21-20-10-5-6-12-25(20)34-27(21)31-15-7-11-24(31)26(32)19-8-3-2-4-9-19/h2-4,7-9,11,13-16,26H,5-6,10,12,17H2,1H3,(H,30,33)/t26-/m0/s1. The van der Waals surface area contributed by atoms with E-state index in [1.807, 2.05) is 59.6 Å². The van der Waals surface area contributed by atoms with Gasteiger partial charge in [-0.1, -0.05) is 48.0 Å². The maximum atomic E-state index is 13.9. The van der Waals surface area contributed by atoms with Crippen molar-refractivity contribution in [3.05, 3.63) is 105 Å². The second kappa shape index (κ2) is 8.64. The van der Waals surface area contributed by atoms with Crippen LogP contribution < -0.4 is 5.32 Å². The number of hydrogen-bond acceptors (Lipinski definition) is 2. The van der Waals surface area contributed by atoms with E-state index >= 15 is 0 Å². The highest BCUT2D eigenvalue weighted by Crippen LogP contribution is 2.44. The van der Waals surface area contributed by atoms with Gasteiger partial charge in [-0.15, -0.1) is 11.3 Å². The summed E-state index contributed by atoms with van der Waals surface area (Å²) >= 11 is 8.39. The third-order valence-corrected chi connectivity index (χ3v) is 8.57. The maximum Gasteiger partial charge on any atom is 0.323 e. The zero-order valence-corrected chi connectivity index (χ0v) is 20.6. The Morgan fingerprint density at radius 1 is 1.03 bits per heavy atom. The Hall–Kier alpha value is -3.02. The monoisotopic (exact) mass is 487 g/mol. The quantitative estimate of drug-likeness (QED) is 0.312. The number of benzene rings is 2. The van der Waals surface area contributed by atoms with Crippen LogP contribution in [0.4, 0.5) is 10.5 Å². The minimum atomic E-state index is -0.209. The first-order chi connectivity index (χ1) is 16.6. The molecule has 0 saturated carbocycles. The van der Waals surface area contributed by atoms with Crippen molar-refractivity contribution in [1.82, 2.24) is 9.47 Å². The lowest BCUT2D eigenvalue weighted by atomic mass is 9.95. The molecule has 0 spiro atoms. The maximum absolute atomic E-state index is 13.9. The summed E-state index contributed by atoms with van der Waals surface area (Å²) in [5.74, 6) is 0. The molecule has 1 aliphatic carbocycles. The van der Waals surface area contributed by atoms with Crippen molar-refractivity contribution in [2.24, 2.45) is 0 Å². The van der Waals surface area contributed by atoms with Crippen LogP contribution in [0.25, 0.3) is 5.00 Å². The summed E-state index contributed by atoms with van der Waals surface area (Å²) in [5.41, 5.74) is 6.64. The number of carbonyl (C=O) groups excluding carboxylic acids is 1. The second-order valence-electron chi connectivity index (χ2n) is 9.15. The molecule has 34 heavy (non-hydrogen) atoms. The molecule has 3 heterocycles. The molecule has 172 valence electrons. The summed E-state index contributed by atoms with van der Waals surface area (Å²) in [5, 5.41) is 4.92. The molecule has 2 aromatic carbocycles. The van der Waals surface area contributed by atoms with E-state index in [0.29, 0.717) is 17.3 Å². The Kier molecular flexibility index (Phi) is 5.47. The fourth-order valence-electron chi connectivity index (χ4n) is 5.28. The van der Waals surface area contributed by atoms with Gasteiger partial charge in [-0.3, -0.25) is 0 Å². The molecule has 6 heteroatoms. The van der Waals surface area contributed by atoms with Crippen LogP contribution in [0.5, 0.6) is 0 Å². The van der Waals surface area contributed by atoms with Crippen LogP contribution in [0.2, 0.25) is 5.02 Å². The summed E-state index contributed by atoms with van der Waals surface area (Å²) in [4.78, 5) is 17.4. The normalized spacial score (nSPS) is 16.9. The van der Waals surface area contributed by atoms with Gasteiger partial charge >= 0.3 is 6.03 Å². The molecule has 0 unspecified atom stereocenters. The smallest absolute Gasteiger partial charge is 0.310 e. The molecule has 4 nitrogen and oxygen atoms in total. The molecular weight excluding hydrogens is 462 g/mol. The third-order valence-electron chi connectivity index (χ3n) is 6.92. The number of thiophene rings is 1. The van der Waals surface area contributed by atoms with Gasteiger partial charge in [0, 0.05) is 16.6 Å². The van der Waals surface area contributed by atoms with Crippen LogP contribution in [-0.4, -0.2) is 15.5 Å². The number of hydrogen-bond donors (Lipinski definition) is 1. The van der Waals surface area contributed by atoms with Gasteiger partial charge in [0.1, 0.15) is 5.00 Å². The van der Waals surface area contributed by atoms with E-state index in [1.165, 1.54) is 33.8 Å². The van der Waals surface area contributed by atoms with E-state index in [-0.39, 0.29) is 12.1 Å². The number of aryl methyl sites for hydroxylation is 2. The third kappa shape index (κ3) is 3.64. The highest BCUT2D eigenvalue weighted by molar-refractivity contribution is 7.15. The van der Waals surface area contributed by atoms with Gasteiger partial charge < -0.3 is 14.8 Å². The molecule has 6 rings (SSSR count). The average molecular weight is 488 g/mol. The highest BCUT2D eigenvalue weighted by atomic mass is 35.5. The number of rotatable bonds is 2. The number of fused-ring (bicyclic) bond motifs is 5. The number of nitrogens with zero attached hydrogens (tertiary/aromatic N) is 2. The van der Waals surface area contributed by atoms with E-state index in [4.69, 9.17) is 11.6 Å². The van der Waals surface area contributed by atoms with E-state index in [1.54, 1.807) is 0 Å². The van der Waals surface area contributed by atoms with Gasteiger partial charge in [-0.05, 0) is 73.6 Å². The molecule has 4 aromatic rings. The Balaban J connectivity index is 1.49. The molecule has 2 amide bonds. The zero-order chi connectivity index (χ0) is 23.2. The Labute approximate surface area is 208 Å². The molecule has 2 aromatic heterocycles. The van der Waals surface area contributed by atoms with Crippen LogP contribution in [0, 0.1) is 6.92 Å². The molecule has 2 aliphatic rings. The lowest BCUT2D eigenvalue weighted by Gasteiger charge is -2.31. The number of nitrogens with one attached hydrogen (secondary N) is 1. The van der Waals surface area contributed by atoms with E-state index in [9.17, 15) is 4.79 Å². The Bertz CT molecular complexity index is 1370. The fraction of sp³-hybridized carbons (Fsp3) is 0.250. The first-order valence-corrected chi connectivity index (χ1v) is 13.0. The summed E-state index contributed by atoms with van der Waals surface area (Å²) in [6.45, 7) is 2.56. The number of carbonyl (C=O) groups is 1. The number of urea groups is 1. The first-order valence-electron chi connectivity index (χ1n) is 11.8. The molecule has 0 fully saturated rings. The Morgan fingerprint density at radius 2 is 1.85 bits per heavy atom. The van der Waals surface area contributed by atoms with Crippen LogP contribution in [0.15, 0.2) is 66.9 Å². The number of halogens is 1. The van der Waals surface area contributed by atoms with E-state index in [2.05, 4.69) is 40.3 Å². The molecule has 1 atom stereocenters. The van der Waals surface area contributed by atoms with Crippen molar-refractivity contribution in [3.63, 3.8) is 0 Å². The molecule has 0 bridgehead atoms. The van der Waals surface area contributed by atoms with Crippen molar-refractivity contribution < 1.29 is 4.79 Å². The van der Waals surface area contributed by atoms with Gasteiger partial charge in [0.25, 0.3) is 0 Å². The van der Waals surface area contributed by atoms with Crippen molar-refractivity contribution in [3.8, 4) is 5.00 Å². The van der Waals surface area contributed by atoms with Gasteiger partial charge in [-0.2, -0.15) is 0 Å². The molecular formula is C28H26ClN3OS. The summed E-state index contributed by atoms with van der Waals surface area (Å²) in [6, 6.07) is 19.9. The summed E-state index contributed by atoms with van der Waals surface area (Å²) in [6.07, 6.45) is 6.82. The lowest BCUT2D eigenvalue weighted by Crippen LogP contribution is -2.38. The molecule has 1 N–H and O–H groups in total. The zero-order valence-electron chi connectivity index (χ0n) is 19.1.